The van der Waals surface area contributed by atoms with Crippen molar-refractivity contribution >= 4 is 5.91 Å². The summed E-state index contributed by atoms with van der Waals surface area (Å²) in [4.78, 5) is 25.4. The van der Waals surface area contributed by atoms with Gasteiger partial charge in [-0.2, -0.15) is 0 Å². The Balaban J connectivity index is 1.64. The SMILES string of the molecule is O=C(Cn1ccc(=O)cc1)N1CC2CCCC(C2)C1. The predicted octanol–water partition coefficient (Wildman–Crippen LogP) is 1.50. The summed E-state index contributed by atoms with van der Waals surface area (Å²) in [7, 11) is 0. The van der Waals surface area contributed by atoms with Gasteiger partial charge in [0.05, 0.1) is 0 Å². The summed E-state index contributed by atoms with van der Waals surface area (Å²) in [6.07, 6.45) is 8.56. The Morgan fingerprint density at radius 3 is 2.42 bits per heavy atom. The highest BCUT2D eigenvalue weighted by Crippen LogP contribution is 2.34. The van der Waals surface area contributed by atoms with Gasteiger partial charge in [0.2, 0.25) is 5.91 Å². The Kier molecular flexibility index (Phi) is 3.40. The van der Waals surface area contributed by atoms with Crippen LogP contribution in [0.3, 0.4) is 0 Å². The third-order valence-electron chi connectivity index (χ3n) is 4.38. The van der Waals surface area contributed by atoms with E-state index in [1.54, 1.807) is 17.0 Å². The van der Waals surface area contributed by atoms with Crippen LogP contribution in [0.5, 0.6) is 0 Å². The molecular formula is C15H20N2O2. The minimum atomic E-state index is -0.0174. The van der Waals surface area contributed by atoms with E-state index in [1.807, 2.05) is 4.90 Å². The van der Waals surface area contributed by atoms with Crippen LogP contribution >= 0.6 is 0 Å². The zero-order valence-electron chi connectivity index (χ0n) is 11.1. The fraction of sp³-hybridized carbons (Fsp3) is 0.600. The van der Waals surface area contributed by atoms with Crippen molar-refractivity contribution in [2.75, 3.05) is 13.1 Å². The number of likely N-dealkylation sites (tertiary alicyclic amines) is 1. The highest BCUT2D eigenvalue weighted by molar-refractivity contribution is 5.76. The first-order chi connectivity index (χ1) is 9.20. The number of rotatable bonds is 2. The number of carbonyl (C=O) groups excluding carboxylic acids is 1. The van der Waals surface area contributed by atoms with E-state index in [4.69, 9.17) is 0 Å². The standard InChI is InChI=1S/C15H20N2O2/c18-14-4-6-16(7-5-14)11-15(19)17-9-12-2-1-3-13(8-12)10-17/h4-7,12-13H,1-3,8-11H2. The van der Waals surface area contributed by atoms with Crippen LogP contribution < -0.4 is 5.43 Å². The quantitative estimate of drug-likeness (QED) is 0.808. The van der Waals surface area contributed by atoms with E-state index in [0.29, 0.717) is 18.4 Å². The van der Waals surface area contributed by atoms with E-state index in [0.717, 1.165) is 13.1 Å². The molecule has 4 nitrogen and oxygen atoms in total. The molecule has 1 aromatic heterocycles. The number of carbonyl (C=O) groups is 1. The van der Waals surface area contributed by atoms with Crippen LogP contribution in [0.2, 0.25) is 0 Å². The number of hydrogen-bond acceptors (Lipinski definition) is 2. The van der Waals surface area contributed by atoms with E-state index in [2.05, 4.69) is 0 Å². The van der Waals surface area contributed by atoms with Gasteiger partial charge in [-0.25, -0.2) is 0 Å². The molecule has 3 rings (SSSR count). The Morgan fingerprint density at radius 1 is 1.16 bits per heavy atom. The summed E-state index contributed by atoms with van der Waals surface area (Å²) in [6.45, 7) is 2.20. The van der Waals surface area contributed by atoms with Crippen LogP contribution in [0.15, 0.2) is 29.3 Å². The summed E-state index contributed by atoms with van der Waals surface area (Å²) in [5.41, 5.74) is -0.0174. The minimum absolute atomic E-state index is 0.0174. The highest BCUT2D eigenvalue weighted by atomic mass is 16.2. The first-order valence-corrected chi connectivity index (χ1v) is 7.14. The van der Waals surface area contributed by atoms with Gasteiger partial charge in [-0.1, -0.05) is 6.42 Å². The largest absolute Gasteiger partial charge is 0.345 e. The van der Waals surface area contributed by atoms with Crippen molar-refractivity contribution in [2.24, 2.45) is 11.8 Å². The van der Waals surface area contributed by atoms with Crippen LogP contribution in [0.1, 0.15) is 25.7 Å². The third-order valence-corrected chi connectivity index (χ3v) is 4.38. The number of fused-ring (bicyclic) bond motifs is 2. The Hall–Kier alpha value is -1.58. The smallest absolute Gasteiger partial charge is 0.242 e. The fourth-order valence-electron chi connectivity index (χ4n) is 3.44. The van der Waals surface area contributed by atoms with Crippen LogP contribution in [-0.2, 0) is 11.3 Å². The van der Waals surface area contributed by atoms with Crippen molar-refractivity contribution in [3.8, 4) is 0 Å². The summed E-state index contributed by atoms with van der Waals surface area (Å²) in [5.74, 6) is 1.61. The molecule has 2 fully saturated rings. The average Bonchev–Trinajstić information content (AvgIpc) is 2.41. The van der Waals surface area contributed by atoms with Gasteiger partial charge in [-0.15, -0.1) is 0 Å². The maximum Gasteiger partial charge on any atom is 0.242 e. The average molecular weight is 260 g/mol. The van der Waals surface area contributed by atoms with Gasteiger partial charge >= 0.3 is 0 Å². The maximum absolute atomic E-state index is 12.3. The lowest BCUT2D eigenvalue weighted by Crippen LogP contribution is -2.46. The van der Waals surface area contributed by atoms with Crippen molar-refractivity contribution in [2.45, 2.75) is 32.2 Å². The van der Waals surface area contributed by atoms with Crippen molar-refractivity contribution in [3.05, 3.63) is 34.7 Å². The van der Waals surface area contributed by atoms with E-state index < -0.39 is 0 Å². The van der Waals surface area contributed by atoms with Gasteiger partial charge in [0.25, 0.3) is 0 Å². The summed E-state index contributed by atoms with van der Waals surface area (Å²) < 4.78 is 1.79. The van der Waals surface area contributed by atoms with Crippen LogP contribution in [0, 0.1) is 11.8 Å². The number of hydrogen-bond donors (Lipinski definition) is 0. The second-order valence-corrected chi connectivity index (χ2v) is 5.90. The van der Waals surface area contributed by atoms with Crippen LogP contribution in [-0.4, -0.2) is 28.5 Å². The molecule has 1 amide bonds. The zero-order valence-corrected chi connectivity index (χ0v) is 11.1. The second-order valence-electron chi connectivity index (χ2n) is 5.90. The maximum atomic E-state index is 12.3. The van der Waals surface area contributed by atoms with Crippen molar-refractivity contribution in [3.63, 3.8) is 0 Å². The Labute approximate surface area is 113 Å². The van der Waals surface area contributed by atoms with E-state index in [1.165, 1.54) is 37.8 Å². The number of aromatic nitrogens is 1. The number of piperidine rings is 1. The van der Waals surface area contributed by atoms with Gasteiger partial charge in [0.15, 0.2) is 5.43 Å². The molecule has 2 aliphatic rings. The molecule has 1 saturated heterocycles. The topological polar surface area (TPSA) is 42.3 Å². The molecule has 0 N–H and O–H groups in total. The zero-order chi connectivity index (χ0) is 13.2. The molecule has 102 valence electrons. The van der Waals surface area contributed by atoms with Crippen LogP contribution in [0.25, 0.3) is 0 Å². The van der Waals surface area contributed by atoms with Gasteiger partial charge in [-0.3, -0.25) is 9.59 Å². The summed E-state index contributed by atoms with van der Waals surface area (Å²) in [5, 5.41) is 0. The molecule has 1 aliphatic heterocycles. The first-order valence-electron chi connectivity index (χ1n) is 7.14. The van der Waals surface area contributed by atoms with E-state index in [-0.39, 0.29) is 11.3 Å². The van der Waals surface area contributed by atoms with Gasteiger partial charge in [-0.05, 0) is 31.1 Å². The molecule has 0 aromatic carbocycles. The molecule has 2 heterocycles. The molecule has 2 atom stereocenters. The monoisotopic (exact) mass is 260 g/mol. The lowest BCUT2D eigenvalue weighted by atomic mass is 9.78. The summed E-state index contributed by atoms with van der Waals surface area (Å²) in [6, 6.07) is 3.00. The molecule has 1 aromatic rings. The van der Waals surface area contributed by atoms with Gasteiger partial charge in [0.1, 0.15) is 6.54 Å². The predicted molar refractivity (Wildman–Crippen MR) is 72.7 cm³/mol. The van der Waals surface area contributed by atoms with E-state index in [9.17, 15) is 9.59 Å². The molecule has 0 radical (unpaired) electrons. The van der Waals surface area contributed by atoms with Crippen LogP contribution in [0.4, 0.5) is 0 Å². The third kappa shape index (κ3) is 2.88. The molecule has 19 heavy (non-hydrogen) atoms. The number of nitrogens with zero attached hydrogens (tertiary/aromatic N) is 2. The lowest BCUT2D eigenvalue weighted by Gasteiger charge is -2.41. The fourth-order valence-corrected chi connectivity index (χ4v) is 3.44. The highest BCUT2D eigenvalue weighted by Gasteiger charge is 2.32. The Morgan fingerprint density at radius 2 is 1.79 bits per heavy atom. The van der Waals surface area contributed by atoms with E-state index >= 15 is 0 Å². The molecule has 2 bridgehead atoms. The van der Waals surface area contributed by atoms with Gasteiger partial charge in [0, 0.05) is 37.6 Å². The number of pyridine rings is 1. The molecule has 1 aliphatic carbocycles. The molecule has 2 unspecified atom stereocenters. The molecule has 1 saturated carbocycles. The van der Waals surface area contributed by atoms with Crippen molar-refractivity contribution in [1.29, 1.82) is 0 Å². The molecule has 4 heteroatoms. The van der Waals surface area contributed by atoms with Crippen molar-refractivity contribution < 1.29 is 4.79 Å². The number of amides is 1. The van der Waals surface area contributed by atoms with Crippen molar-refractivity contribution in [1.82, 2.24) is 9.47 Å². The minimum Gasteiger partial charge on any atom is -0.345 e. The Bertz CT molecular complexity index is 491. The van der Waals surface area contributed by atoms with Gasteiger partial charge < -0.3 is 9.47 Å². The second kappa shape index (κ2) is 5.19. The molecular weight excluding hydrogens is 240 g/mol. The first kappa shape index (κ1) is 12.5. The lowest BCUT2D eigenvalue weighted by molar-refractivity contribution is -0.135. The summed E-state index contributed by atoms with van der Waals surface area (Å²) >= 11 is 0. The normalized spacial score (nSPS) is 26.2. The molecule has 0 spiro atoms.